The molecule has 0 aliphatic carbocycles. The lowest BCUT2D eigenvalue weighted by Gasteiger charge is -2.27. The number of carbonyl (C=O) groups is 2. The molecule has 0 saturated carbocycles. The van der Waals surface area contributed by atoms with Gasteiger partial charge in [0.05, 0.1) is 19.3 Å². The Labute approximate surface area is 170 Å². The number of nitrogens with zero attached hydrogens (tertiary/aromatic N) is 1. The zero-order chi connectivity index (χ0) is 20.1. The smallest absolute Gasteiger partial charge is 0.265 e. The monoisotopic (exact) mass is 394 g/mol. The Morgan fingerprint density at radius 1 is 1.14 bits per heavy atom. The molecule has 7 heteroatoms. The topological polar surface area (TPSA) is 82.7 Å². The van der Waals surface area contributed by atoms with Crippen LogP contribution in [-0.2, 0) is 4.74 Å². The van der Waals surface area contributed by atoms with Crippen molar-refractivity contribution in [1.29, 1.82) is 0 Å². The minimum absolute atomic E-state index is 0.0815. The highest BCUT2D eigenvalue weighted by atomic mass is 16.5. The van der Waals surface area contributed by atoms with Gasteiger partial charge in [-0.3, -0.25) is 19.9 Å². The van der Waals surface area contributed by atoms with Crippen molar-refractivity contribution in [2.24, 2.45) is 0 Å². The van der Waals surface area contributed by atoms with Crippen molar-refractivity contribution in [2.75, 3.05) is 39.4 Å². The first-order valence-electron chi connectivity index (χ1n) is 10.1. The molecule has 0 bridgehead atoms. The van der Waals surface area contributed by atoms with Gasteiger partial charge in [0.2, 0.25) is 0 Å². The van der Waals surface area contributed by atoms with Crippen LogP contribution in [0.25, 0.3) is 0 Å². The fraction of sp³-hybridized carbons (Fsp3) is 0.364. The zero-order valence-corrected chi connectivity index (χ0v) is 16.3. The Hall–Kier alpha value is -2.74. The minimum Gasteiger partial charge on any atom is -0.379 e. The molecule has 2 aromatic carbocycles. The second-order valence-corrected chi connectivity index (χ2v) is 7.31. The molecular weight excluding hydrogens is 368 g/mol. The molecule has 2 aromatic rings. The summed E-state index contributed by atoms with van der Waals surface area (Å²) in [5.74, 6) is -0.229. The molecule has 1 saturated heterocycles. The van der Waals surface area contributed by atoms with E-state index in [4.69, 9.17) is 4.74 Å². The number of fused-ring (bicyclic) bond motifs is 1. The van der Waals surface area contributed by atoms with Gasteiger partial charge in [0.15, 0.2) is 0 Å². The third-order valence-electron chi connectivity index (χ3n) is 5.37. The zero-order valence-electron chi connectivity index (χ0n) is 16.3. The molecule has 3 N–H and O–H groups in total. The van der Waals surface area contributed by atoms with Crippen molar-refractivity contribution < 1.29 is 14.3 Å². The minimum atomic E-state index is -0.196. The molecule has 2 amide bonds. The number of benzene rings is 2. The fourth-order valence-electron chi connectivity index (χ4n) is 3.79. The van der Waals surface area contributed by atoms with Crippen molar-refractivity contribution in [1.82, 2.24) is 21.1 Å². The van der Waals surface area contributed by atoms with E-state index < -0.39 is 0 Å². The Balaban J connectivity index is 1.38. The standard InChI is InChI=1S/C22H26N4O3/c27-21(23-9-4-10-26-11-13-29-14-12-26)17-6-3-5-16(15-17)20-18-7-1-2-8-19(18)22(28)25-24-20/h1-3,5-8,15,20,24H,4,9-14H2,(H,23,27)(H,25,28). The van der Waals surface area contributed by atoms with Crippen LogP contribution < -0.4 is 16.2 Å². The van der Waals surface area contributed by atoms with Crippen LogP contribution in [0.15, 0.2) is 48.5 Å². The lowest BCUT2D eigenvalue weighted by Crippen LogP contribution is -2.45. The Morgan fingerprint density at radius 3 is 2.83 bits per heavy atom. The summed E-state index contributed by atoms with van der Waals surface area (Å²) in [6, 6.07) is 14.8. The maximum atomic E-state index is 12.6. The Morgan fingerprint density at radius 2 is 1.97 bits per heavy atom. The van der Waals surface area contributed by atoms with Gasteiger partial charge in [0, 0.05) is 30.8 Å². The second-order valence-electron chi connectivity index (χ2n) is 7.31. The first-order chi connectivity index (χ1) is 14.2. The first kappa shape index (κ1) is 19.6. The molecule has 2 heterocycles. The summed E-state index contributed by atoms with van der Waals surface area (Å²) in [7, 11) is 0. The van der Waals surface area contributed by atoms with Crippen LogP contribution in [0.2, 0.25) is 0 Å². The maximum absolute atomic E-state index is 12.6. The normalized spacial score (nSPS) is 19.3. The van der Waals surface area contributed by atoms with Crippen LogP contribution in [0.4, 0.5) is 0 Å². The fourth-order valence-corrected chi connectivity index (χ4v) is 3.79. The summed E-state index contributed by atoms with van der Waals surface area (Å²) in [5, 5.41) is 3.01. The number of ether oxygens (including phenoxy) is 1. The number of rotatable bonds is 6. The van der Waals surface area contributed by atoms with Crippen molar-refractivity contribution >= 4 is 11.8 Å². The quantitative estimate of drug-likeness (QED) is 0.647. The number of hydrogen-bond acceptors (Lipinski definition) is 5. The van der Waals surface area contributed by atoms with Crippen LogP contribution in [0.1, 0.15) is 44.3 Å². The van der Waals surface area contributed by atoms with Crippen LogP contribution in [-0.4, -0.2) is 56.1 Å². The third-order valence-corrected chi connectivity index (χ3v) is 5.37. The number of amides is 2. The lowest BCUT2D eigenvalue weighted by atomic mass is 9.92. The molecule has 1 unspecified atom stereocenters. The van der Waals surface area contributed by atoms with Crippen molar-refractivity contribution in [3.05, 3.63) is 70.8 Å². The molecule has 29 heavy (non-hydrogen) atoms. The highest BCUT2D eigenvalue weighted by Gasteiger charge is 2.26. The van der Waals surface area contributed by atoms with E-state index in [1.807, 2.05) is 48.5 Å². The predicted octanol–water partition coefficient (Wildman–Crippen LogP) is 1.48. The van der Waals surface area contributed by atoms with Gasteiger partial charge < -0.3 is 10.1 Å². The second kappa shape index (κ2) is 9.17. The predicted molar refractivity (Wildman–Crippen MR) is 110 cm³/mol. The molecular formula is C22H26N4O3. The van der Waals surface area contributed by atoms with Gasteiger partial charge in [0.1, 0.15) is 0 Å². The molecule has 1 fully saturated rings. The Kier molecular flexibility index (Phi) is 6.19. The summed E-state index contributed by atoms with van der Waals surface area (Å²) in [5.41, 5.74) is 8.85. The molecule has 0 radical (unpaired) electrons. The van der Waals surface area contributed by atoms with Gasteiger partial charge in [-0.15, -0.1) is 0 Å². The maximum Gasteiger partial charge on any atom is 0.265 e. The summed E-state index contributed by atoms with van der Waals surface area (Å²) in [4.78, 5) is 27.0. The average molecular weight is 394 g/mol. The highest BCUT2D eigenvalue weighted by molar-refractivity contribution is 5.97. The van der Waals surface area contributed by atoms with Gasteiger partial charge >= 0.3 is 0 Å². The number of nitrogens with one attached hydrogen (secondary N) is 3. The van der Waals surface area contributed by atoms with Crippen LogP contribution in [0.5, 0.6) is 0 Å². The molecule has 2 aliphatic heterocycles. The average Bonchev–Trinajstić information content (AvgIpc) is 2.78. The largest absolute Gasteiger partial charge is 0.379 e. The summed E-state index contributed by atoms with van der Waals surface area (Å²) in [6.07, 6.45) is 0.912. The molecule has 4 rings (SSSR count). The molecule has 0 spiro atoms. The van der Waals surface area contributed by atoms with E-state index in [0.29, 0.717) is 17.7 Å². The first-order valence-corrected chi connectivity index (χ1v) is 10.1. The molecule has 7 nitrogen and oxygen atoms in total. The number of carbonyl (C=O) groups excluding carboxylic acids is 2. The molecule has 0 aromatic heterocycles. The van der Waals surface area contributed by atoms with Crippen molar-refractivity contribution in [3.8, 4) is 0 Å². The number of morpholine rings is 1. The van der Waals surface area contributed by atoms with Gasteiger partial charge in [-0.25, -0.2) is 5.43 Å². The van der Waals surface area contributed by atoms with E-state index in [1.165, 1.54) is 0 Å². The van der Waals surface area contributed by atoms with Crippen molar-refractivity contribution in [2.45, 2.75) is 12.5 Å². The highest BCUT2D eigenvalue weighted by Crippen LogP contribution is 2.27. The molecule has 152 valence electrons. The van der Waals surface area contributed by atoms with Crippen LogP contribution in [0.3, 0.4) is 0 Å². The van der Waals surface area contributed by atoms with E-state index in [9.17, 15) is 9.59 Å². The van der Waals surface area contributed by atoms with E-state index in [2.05, 4.69) is 21.1 Å². The van der Waals surface area contributed by atoms with E-state index in [-0.39, 0.29) is 17.9 Å². The number of hydrazine groups is 1. The van der Waals surface area contributed by atoms with Gasteiger partial charge in [0.25, 0.3) is 11.8 Å². The van der Waals surface area contributed by atoms with E-state index >= 15 is 0 Å². The van der Waals surface area contributed by atoms with Gasteiger partial charge in [-0.2, -0.15) is 0 Å². The molecule has 1 atom stereocenters. The van der Waals surface area contributed by atoms with Crippen LogP contribution >= 0.6 is 0 Å². The molecule has 2 aliphatic rings. The van der Waals surface area contributed by atoms with Gasteiger partial charge in [-0.05, 0) is 42.3 Å². The van der Waals surface area contributed by atoms with Gasteiger partial charge in [-0.1, -0.05) is 30.3 Å². The van der Waals surface area contributed by atoms with E-state index in [1.54, 1.807) is 0 Å². The van der Waals surface area contributed by atoms with Crippen molar-refractivity contribution in [3.63, 3.8) is 0 Å². The van der Waals surface area contributed by atoms with Crippen LogP contribution in [0, 0.1) is 0 Å². The summed E-state index contributed by atoms with van der Waals surface area (Å²) >= 11 is 0. The summed E-state index contributed by atoms with van der Waals surface area (Å²) < 4.78 is 5.35. The number of hydrogen-bond donors (Lipinski definition) is 3. The summed E-state index contributed by atoms with van der Waals surface area (Å²) in [6.45, 7) is 5.10. The third kappa shape index (κ3) is 4.64. The SMILES string of the molecule is O=C(NCCCN1CCOCC1)c1cccc(C2NNC(=O)c3ccccc32)c1. The Bertz CT molecular complexity index is 880. The lowest BCUT2D eigenvalue weighted by molar-refractivity contribution is 0.0374. The van der Waals surface area contributed by atoms with E-state index in [0.717, 1.165) is 50.4 Å².